The molecule has 1 atom stereocenters. The molecule has 1 aliphatic carbocycles. The van der Waals surface area contributed by atoms with Crippen molar-refractivity contribution in [1.82, 2.24) is 9.66 Å². The first-order valence-electron chi connectivity index (χ1n) is 11.8. The summed E-state index contributed by atoms with van der Waals surface area (Å²) in [5.41, 5.74) is 1.13. The van der Waals surface area contributed by atoms with Crippen molar-refractivity contribution in [2.24, 2.45) is 5.10 Å². The zero-order chi connectivity index (χ0) is 24.9. The fourth-order valence-electron chi connectivity index (χ4n) is 4.25. The summed E-state index contributed by atoms with van der Waals surface area (Å²) in [6, 6.07) is 10.7. The highest BCUT2D eigenvalue weighted by atomic mass is 79.9. The molecule has 0 unspecified atom stereocenters. The van der Waals surface area contributed by atoms with Gasteiger partial charge in [-0.3, -0.25) is 4.79 Å². The normalized spacial score (nSPS) is 15.4. The monoisotopic (exact) mass is 541 g/mol. The summed E-state index contributed by atoms with van der Waals surface area (Å²) in [5, 5.41) is 14.3. The topological polar surface area (TPSA) is 103 Å². The Bertz CT molecular complexity index is 1310. The van der Waals surface area contributed by atoms with Crippen LogP contribution < -0.4 is 15.0 Å². The van der Waals surface area contributed by atoms with E-state index in [0.29, 0.717) is 44.9 Å². The number of hydrogen-bond acceptors (Lipinski definition) is 6. The zero-order valence-electron chi connectivity index (χ0n) is 19.7. The summed E-state index contributed by atoms with van der Waals surface area (Å²) in [6.45, 7) is 3.65. The molecule has 1 saturated carbocycles. The molecule has 2 aromatic carbocycles. The Balaban J connectivity index is 1.77. The van der Waals surface area contributed by atoms with Gasteiger partial charge in [0.1, 0.15) is 5.82 Å². The van der Waals surface area contributed by atoms with Crippen LogP contribution in [0.15, 0.2) is 50.8 Å². The molecule has 0 aliphatic heterocycles. The van der Waals surface area contributed by atoms with Crippen LogP contribution in [0.25, 0.3) is 10.9 Å². The van der Waals surface area contributed by atoms with Crippen molar-refractivity contribution in [3.8, 4) is 11.5 Å². The SMILES string of the molecule is CCOc1cc(C=Nn2c(C3CCCCC3)nc3ccccc3c2=O)c(Br)cc1O[C@@H](C)C(=O)O. The lowest BCUT2D eigenvalue weighted by Crippen LogP contribution is -2.25. The summed E-state index contributed by atoms with van der Waals surface area (Å²) < 4.78 is 13.3. The predicted molar refractivity (Wildman–Crippen MR) is 138 cm³/mol. The lowest BCUT2D eigenvalue weighted by atomic mass is 9.88. The molecule has 184 valence electrons. The van der Waals surface area contributed by atoms with E-state index >= 15 is 0 Å². The third kappa shape index (κ3) is 5.56. The molecule has 1 heterocycles. The van der Waals surface area contributed by atoms with Gasteiger partial charge in [0.05, 0.1) is 23.7 Å². The first-order valence-corrected chi connectivity index (χ1v) is 12.6. The van der Waals surface area contributed by atoms with Gasteiger partial charge in [-0.15, -0.1) is 0 Å². The Morgan fingerprint density at radius 2 is 2.00 bits per heavy atom. The van der Waals surface area contributed by atoms with Crippen LogP contribution >= 0.6 is 15.9 Å². The van der Waals surface area contributed by atoms with E-state index in [1.54, 1.807) is 24.4 Å². The van der Waals surface area contributed by atoms with Gasteiger partial charge in [0.15, 0.2) is 17.6 Å². The van der Waals surface area contributed by atoms with Gasteiger partial charge < -0.3 is 14.6 Å². The Kier molecular flexibility index (Phi) is 7.85. The van der Waals surface area contributed by atoms with Crippen LogP contribution in [-0.2, 0) is 4.79 Å². The number of nitrogens with zero attached hydrogens (tertiary/aromatic N) is 3. The summed E-state index contributed by atoms with van der Waals surface area (Å²) in [4.78, 5) is 29.5. The van der Waals surface area contributed by atoms with Crippen LogP contribution in [0.2, 0.25) is 0 Å². The fourth-order valence-corrected chi connectivity index (χ4v) is 4.67. The molecule has 35 heavy (non-hydrogen) atoms. The fraction of sp³-hybridized carbons (Fsp3) is 0.385. The van der Waals surface area contributed by atoms with Crippen LogP contribution in [0, 0.1) is 0 Å². The Labute approximate surface area is 211 Å². The minimum absolute atomic E-state index is 0.175. The maximum absolute atomic E-state index is 13.4. The molecule has 1 N–H and O–H groups in total. The summed E-state index contributed by atoms with van der Waals surface area (Å²) >= 11 is 3.51. The maximum atomic E-state index is 13.4. The third-order valence-corrected chi connectivity index (χ3v) is 6.76. The molecule has 0 spiro atoms. The molecule has 0 bridgehead atoms. The third-order valence-electron chi connectivity index (χ3n) is 6.08. The molecule has 9 heteroatoms. The maximum Gasteiger partial charge on any atom is 0.344 e. The smallest absolute Gasteiger partial charge is 0.344 e. The molecule has 0 amide bonds. The van der Waals surface area contributed by atoms with Gasteiger partial charge in [-0.1, -0.05) is 31.4 Å². The van der Waals surface area contributed by atoms with Gasteiger partial charge in [-0.2, -0.15) is 9.78 Å². The van der Waals surface area contributed by atoms with Crippen molar-refractivity contribution in [3.05, 3.63) is 62.6 Å². The van der Waals surface area contributed by atoms with E-state index in [-0.39, 0.29) is 11.5 Å². The van der Waals surface area contributed by atoms with E-state index in [0.717, 1.165) is 25.7 Å². The van der Waals surface area contributed by atoms with Crippen LogP contribution in [0.1, 0.15) is 63.3 Å². The van der Waals surface area contributed by atoms with Crippen molar-refractivity contribution in [2.45, 2.75) is 58.0 Å². The number of halogens is 1. The standard InChI is InChI=1S/C26H28BrN3O5/c1-3-34-22-13-18(20(27)14-23(22)35-16(2)26(32)33)15-28-30-24(17-9-5-4-6-10-17)29-21-12-8-7-11-19(21)25(30)31/h7-8,11-17H,3-6,9-10H2,1-2H3,(H,32,33)/t16-/m0/s1. The molecular weight excluding hydrogens is 514 g/mol. The first kappa shape index (κ1) is 24.9. The minimum Gasteiger partial charge on any atom is -0.490 e. The van der Waals surface area contributed by atoms with Crippen LogP contribution in [-0.4, -0.2) is 39.7 Å². The van der Waals surface area contributed by atoms with Crippen LogP contribution in [0.5, 0.6) is 11.5 Å². The Morgan fingerprint density at radius 3 is 2.71 bits per heavy atom. The van der Waals surface area contributed by atoms with Crippen LogP contribution in [0.3, 0.4) is 0 Å². The Morgan fingerprint density at radius 1 is 1.26 bits per heavy atom. The average molecular weight is 542 g/mol. The van der Waals surface area contributed by atoms with Gasteiger partial charge in [0.2, 0.25) is 0 Å². The molecule has 8 nitrogen and oxygen atoms in total. The number of aliphatic carboxylic acids is 1. The quantitative estimate of drug-likeness (QED) is 0.386. The van der Waals surface area contributed by atoms with Crippen molar-refractivity contribution in [1.29, 1.82) is 0 Å². The van der Waals surface area contributed by atoms with E-state index in [1.165, 1.54) is 18.0 Å². The summed E-state index contributed by atoms with van der Waals surface area (Å²) in [7, 11) is 0. The van der Waals surface area contributed by atoms with Crippen molar-refractivity contribution < 1.29 is 19.4 Å². The summed E-state index contributed by atoms with van der Waals surface area (Å²) in [5.74, 6) is 0.475. The van der Waals surface area contributed by atoms with Gasteiger partial charge in [0.25, 0.3) is 5.56 Å². The van der Waals surface area contributed by atoms with Gasteiger partial charge in [-0.25, -0.2) is 9.78 Å². The number of ether oxygens (including phenoxy) is 2. The highest BCUT2D eigenvalue weighted by Gasteiger charge is 2.23. The van der Waals surface area contributed by atoms with Crippen molar-refractivity contribution in [2.75, 3.05) is 6.61 Å². The second-order valence-corrected chi connectivity index (χ2v) is 9.39. The Hall–Kier alpha value is -3.20. The van der Waals surface area contributed by atoms with E-state index < -0.39 is 12.1 Å². The number of para-hydroxylation sites is 1. The van der Waals surface area contributed by atoms with Gasteiger partial charge in [0, 0.05) is 16.0 Å². The number of aromatic nitrogens is 2. The predicted octanol–water partition coefficient (Wildman–Crippen LogP) is 5.34. The zero-order valence-corrected chi connectivity index (χ0v) is 21.3. The number of carboxylic acids is 1. The molecule has 3 aromatic rings. The lowest BCUT2D eigenvalue weighted by Gasteiger charge is -2.22. The first-order chi connectivity index (χ1) is 16.9. The molecule has 1 aliphatic rings. The van der Waals surface area contributed by atoms with E-state index in [4.69, 9.17) is 14.5 Å². The number of carbonyl (C=O) groups is 1. The van der Waals surface area contributed by atoms with Gasteiger partial charge in [-0.05, 0) is 66.9 Å². The number of benzene rings is 2. The van der Waals surface area contributed by atoms with E-state index in [2.05, 4.69) is 21.0 Å². The molecule has 0 radical (unpaired) electrons. The molecule has 1 aromatic heterocycles. The summed E-state index contributed by atoms with van der Waals surface area (Å²) in [6.07, 6.45) is 5.91. The number of hydrogen-bond donors (Lipinski definition) is 1. The lowest BCUT2D eigenvalue weighted by molar-refractivity contribution is -0.144. The molecule has 0 saturated heterocycles. The number of carboxylic acid groups (broad SMARTS) is 1. The second kappa shape index (κ2) is 11.0. The highest BCUT2D eigenvalue weighted by Crippen LogP contribution is 2.35. The largest absolute Gasteiger partial charge is 0.490 e. The van der Waals surface area contributed by atoms with Crippen molar-refractivity contribution >= 4 is 39.0 Å². The number of fused-ring (bicyclic) bond motifs is 1. The van der Waals surface area contributed by atoms with Gasteiger partial charge >= 0.3 is 5.97 Å². The molecular formula is C26H28BrN3O5. The van der Waals surface area contributed by atoms with Crippen molar-refractivity contribution in [3.63, 3.8) is 0 Å². The van der Waals surface area contributed by atoms with Crippen LogP contribution in [0.4, 0.5) is 0 Å². The number of rotatable bonds is 8. The average Bonchev–Trinajstić information content (AvgIpc) is 2.86. The molecule has 4 rings (SSSR count). The second-order valence-electron chi connectivity index (χ2n) is 8.54. The molecule has 1 fully saturated rings. The highest BCUT2D eigenvalue weighted by molar-refractivity contribution is 9.10. The van der Waals surface area contributed by atoms with E-state index in [9.17, 15) is 14.7 Å². The van der Waals surface area contributed by atoms with E-state index in [1.807, 2.05) is 25.1 Å². The minimum atomic E-state index is -1.08.